The summed E-state index contributed by atoms with van der Waals surface area (Å²) in [5.74, 6) is -0.495. The van der Waals surface area contributed by atoms with E-state index in [9.17, 15) is 13.2 Å². The van der Waals surface area contributed by atoms with E-state index < -0.39 is 21.5 Å². The Kier molecular flexibility index (Phi) is 5.55. The second-order valence-electron chi connectivity index (χ2n) is 6.62. The number of carbonyl (C=O) groups excluding carboxylic acids is 1. The number of hydrogen-bond donors (Lipinski definition) is 1. The number of carbonyl (C=O) groups is 1. The molecule has 0 atom stereocenters. The summed E-state index contributed by atoms with van der Waals surface area (Å²) < 4.78 is 32.2. The summed E-state index contributed by atoms with van der Waals surface area (Å²) in [5, 5.41) is 0.0669. The minimum absolute atomic E-state index is 0.0568. The normalized spacial score (nSPS) is 12.2. The van der Waals surface area contributed by atoms with Gasteiger partial charge in [0.2, 0.25) is 5.09 Å². The summed E-state index contributed by atoms with van der Waals surface area (Å²) >= 11 is 5.73. The summed E-state index contributed by atoms with van der Waals surface area (Å²) in [6.07, 6.45) is 1.57. The zero-order valence-electron chi connectivity index (χ0n) is 14.4. The number of nitrogens with zero attached hydrogens (tertiary/aromatic N) is 2. The maximum absolute atomic E-state index is 12.4. The van der Waals surface area contributed by atoms with Crippen LogP contribution in [0.1, 0.15) is 36.9 Å². The number of rotatable bonds is 5. The number of pyridine rings is 1. The first-order valence-electron chi connectivity index (χ1n) is 7.48. The highest BCUT2D eigenvalue weighted by atomic mass is 35.5. The molecule has 0 fully saturated rings. The molecule has 0 radical (unpaired) electrons. The third-order valence-corrected chi connectivity index (χ3v) is 4.91. The van der Waals surface area contributed by atoms with E-state index in [1.54, 1.807) is 46.1 Å². The molecule has 0 bridgehead atoms. The second-order valence-corrected chi connectivity index (χ2v) is 8.63. The average Bonchev–Trinajstić information content (AvgIpc) is 2.97. The zero-order chi connectivity index (χ0) is 18.8. The molecule has 0 aliphatic heterocycles. The molecule has 0 spiro atoms. The second kappa shape index (κ2) is 7.15. The molecule has 0 aliphatic rings. The molecule has 2 rings (SSSR count). The molecular formula is C16H20ClN3O4S. The molecule has 2 aromatic heterocycles. The lowest BCUT2D eigenvalue weighted by atomic mass is 10.1. The first-order chi connectivity index (χ1) is 11.5. The van der Waals surface area contributed by atoms with Crippen LogP contribution in [0.4, 0.5) is 0 Å². The number of halogens is 1. The minimum atomic E-state index is -3.83. The molecule has 136 valence electrons. The lowest BCUT2D eigenvalue weighted by Crippen LogP contribution is -2.40. The minimum Gasteiger partial charge on any atom is -0.438 e. The van der Waals surface area contributed by atoms with E-state index in [0.29, 0.717) is 5.15 Å². The van der Waals surface area contributed by atoms with Crippen LogP contribution in [0.3, 0.4) is 0 Å². The van der Waals surface area contributed by atoms with Crippen molar-refractivity contribution < 1.29 is 17.6 Å². The Bertz CT molecular complexity index is 854. The Labute approximate surface area is 152 Å². The van der Waals surface area contributed by atoms with Gasteiger partial charge in [-0.25, -0.2) is 18.1 Å². The molecule has 0 unspecified atom stereocenters. The van der Waals surface area contributed by atoms with Crippen molar-refractivity contribution in [2.75, 3.05) is 7.05 Å². The van der Waals surface area contributed by atoms with Gasteiger partial charge in [0, 0.05) is 25.3 Å². The van der Waals surface area contributed by atoms with Gasteiger partial charge in [0.05, 0.1) is 0 Å². The molecule has 0 aromatic carbocycles. The third-order valence-electron chi connectivity index (χ3n) is 3.05. The topological polar surface area (TPSA) is 92.5 Å². The van der Waals surface area contributed by atoms with Crippen LogP contribution >= 0.6 is 11.6 Å². The van der Waals surface area contributed by atoms with Gasteiger partial charge in [-0.05, 0) is 44.5 Å². The Morgan fingerprint density at radius 1 is 1.28 bits per heavy atom. The number of sulfonamides is 1. The summed E-state index contributed by atoms with van der Waals surface area (Å²) in [5.41, 5.74) is 0.128. The Balaban J connectivity index is 2.13. The standard InChI is InChI=1S/C16H20ClN3O4S/c1-16(2,3)19-25(22,23)14-8-6-12(24-14)15(21)20(4)10-11-5-7-13(17)18-9-11/h5-9,19H,10H2,1-4H3. The van der Waals surface area contributed by atoms with Crippen molar-refractivity contribution in [2.24, 2.45) is 0 Å². The third kappa shape index (κ3) is 5.29. The van der Waals surface area contributed by atoms with Crippen molar-refractivity contribution in [3.63, 3.8) is 0 Å². The molecule has 0 saturated heterocycles. The lowest BCUT2D eigenvalue weighted by Gasteiger charge is -2.19. The monoisotopic (exact) mass is 385 g/mol. The number of furan rings is 1. The van der Waals surface area contributed by atoms with Crippen LogP contribution in [0, 0.1) is 0 Å². The van der Waals surface area contributed by atoms with Crippen LogP contribution in [0.5, 0.6) is 0 Å². The van der Waals surface area contributed by atoms with Crippen LogP contribution in [-0.2, 0) is 16.6 Å². The SMILES string of the molecule is CN(Cc1ccc(Cl)nc1)C(=O)c1ccc(S(=O)(=O)NC(C)(C)C)o1. The van der Waals surface area contributed by atoms with Crippen molar-refractivity contribution in [3.05, 3.63) is 46.9 Å². The van der Waals surface area contributed by atoms with Gasteiger partial charge in [-0.2, -0.15) is 0 Å². The van der Waals surface area contributed by atoms with Crippen molar-refractivity contribution in [2.45, 2.75) is 37.9 Å². The van der Waals surface area contributed by atoms with E-state index >= 15 is 0 Å². The molecule has 2 aromatic rings. The van der Waals surface area contributed by atoms with Crippen LogP contribution in [0.2, 0.25) is 5.15 Å². The van der Waals surface area contributed by atoms with E-state index in [4.69, 9.17) is 16.0 Å². The van der Waals surface area contributed by atoms with E-state index in [2.05, 4.69) is 9.71 Å². The fourth-order valence-electron chi connectivity index (χ4n) is 2.07. The van der Waals surface area contributed by atoms with Gasteiger partial charge < -0.3 is 9.32 Å². The van der Waals surface area contributed by atoms with Gasteiger partial charge >= 0.3 is 0 Å². The van der Waals surface area contributed by atoms with Crippen molar-refractivity contribution in [1.82, 2.24) is 14.6 Å². The highest BCUT2D eigenvalue weighted by molar-refractivity contribution is 7.89. The van der Waals surface area contributed by atoms with E-state index in [0.717, 1.165) is 5.56 Å². The molecule has 1 N–H and O–H groups in total. The molecule has 1 amide bonds. The Morgan fingerprint density at radius 2 is 1.96 bits per heavy atom. The van der Waals surface area contributed by atoms with Gasteiger partial charge in [0.15, 0.2) is 5.76 Å². The van der Waals surface area contributed by atoms with Gasteiger partial charge in [-0.3, -0.25) is 4.79 Å². The van der Waals surface area contributed by atoms with E-state index in [-0.39, 0.29) is 17.4 Å². The van der Waals surface area contributed by atoms with Crippen LogP contribution < -0.4 is 4.72 Å². The lowest BCUT2D eigenvalue weighted by molar-refractivity contribution is 0.0747. The summed E-state index contributed by atoms with van der Waals surface area (Å²) in [7, 11) is -2.25. The largest absolute Gasteiger partial charge is 0.438 e. The molecule has 7 nitrogen and oxygen atoms in total. The van der Waals surface area contributed by atoms with Gasteiger partial charge in [0.25, 0.3) is 15.9 Å². The first-order valence-corrected chi connectivity index (χ1v) is 9.34. The van der Waals surface area contributed by atoms with E-state index in [1.807, 2.05) is 0 Å². The molecule has 9 heteroatoms. The molecule has 0 aliphatic carbocycles. The van der Waals surface area contributed by atoms with Crippen molar-refractivity contribution in [1.29, 1.82) is 0 Å². The maximum atomic E-state index is 12.4. The quantitative estimate of drug-likeness (QED) is 0.799. The predicted octanol–water partition coefficient (Wildman–Crippen LogP) is 2.68. The average molecular weight is 386 g/mol. The molecule has 0 saturated carbocycles. The Hall–Kier alpha value is -1.90. The van der Waals surface area contributed by atoms with Crippen molar-refractivity contribution >= 4 is 27.5 Å². The number of aromatic nitrogens is 1. The summed E-state index contributed by atoms with van der Waals surface area (Å²) in [6, 6.07) is 5.99. The fourth-order valence-corrected chi connectivity index (χ4v) is 3.53. The highest BCUT2D eigenvalue weighted by Crippen LogP contribution is 2.18. The van der Waals surface area contributed by atoms with Crippen LogP contribution in [0.25, 0.3) is 0 Å². The van der Waals surface area contributed by atoms with E-state index in [1.165, 1.54) is 17.0 Å². The predicted molar refractivity (Wildman–Crippen MR) is 93.8 cm³/mol. The summed E-state index contributed by atoms with van der Waals surface area (Å²) in [4.78, 5) is 17.8. The fraction of sp³-hybridized carbons (Fsp3) is 0.375. The zero-order valence-corrected chi connectivity index (χ0v) is 16.0. The molecular weight excluding hydrogens is 366 g/mol. The van der Waals surface area contributed by atoms with Gasteiger partial charge in [0.1, 0.15) is 5.15 Å². The Morgan fingerprint density at radius 3 is 2.52 bits per heavy atom. The number of amides is 1. The molecule has 25 heavy (non-hydrogen) atoms. The van der Waals surface area contributed by atoms with Crippen LogP contribution in [0.15, 0.2) is 40.0 Å². The van der Waals surface area contributed by atoms with Gasteiger partial charge in [-0.1, -0.05) is 17.7 Å². The highest BCUT2D eigenvalue weighted by Gasteiger charge is 2.26. The summed E-state index contributed by atoms with van der Waals surface area (Å²) in [6.45, 7) is 5.43. The first kappa shape index (κ1) is 19.4. The number of nitrogens with one attached hydrogen (secondary N) is 1. The molecule has 2 heterocycles. The maximum Gasteiger partial charge on any atom is 0.289 e. The van der Waals surface area contributed by atoms with Crippen molar-refractivity contribution in [3.8, 4) is 0 Å². The smallest absolute Gasteiger partial charge is 0.289 e. The van der Waals surface area contributed by atoms with Gasteiger partial charge in [-0.15, -0.1) is 0 Å². The number of hydrogen-bond acceptors (Lipinski definition) is 5. The van der Waals surface area contributed by atoms with Crippen LogP contribution in [-0.4, -0.2) is 36.8 Å².